The standard InChI is InChI=1S/C37H34Cl2F3N3O6/c1-48-33-16-24(9-10-31(33)50-36(41)42)32(17-26-27(38)18-43-19-28(26)39)49-35(46)25-6-4-5-22(15-25)20-45(30-8-3-2-7-29(30)40)37(47)51-34-21-44-13-11-23(34)12-14-44/h2-10,15-16,18-19,23,32,34,36H,11-14,17,20-21H2,1H3/t32-,34-/m0/s1/i1D3. The van der Waals surface area contributed by atoms with Gasteiger partial charge in [-0.2, -0.15) is 8.78 Å². The number of rotatable bonds is 12. The third-order valence-corrected chi connectivity index (χ3v) is 9.62. The Morgan fingerprint density at radius 1 is 1.02 bits per heavy atom. The number of hydrogen-bond donors (Lipinski definition) is 0. The molecule has 1 amide bonds. The number of carbonyl (C=O) groups excluding carboxylic acids is 2. The number of ether oxygens (including phenoxy) is 4. The lowest BCUT2D eigenvalue weighted by atomic mass is 9.86. The van der Waals surface area contributed by atoms with E-state index < -0.39 is 49.1 Å². The number of para-hydroxylation sites is 1. The van der Waals surface area contributed by atoms with Crippen LogP contribution >= 0.6 is 23.2 Å². The number of amides is 1. The summed E-state index contributed by atoms with van der Waals surface area (Å²) in [7, 11) is -3.04. The number of anilines is 1. The highest BCUT2D eigenvalue weighted by Crippen LogP contribution is 2.37. The minimum atomic E-state index is -3.29. The fourth-order valence-electron chi connectivity index (χ4n) is 6.38. The first-order valence-electron chi connectivity index (χ1n) is 17.5. The summed E-state index contributed by atoms with van der Waals surface area (Å²) >= 11 is 12.8. The average Bonchev–Trinajstić information content (AvgIpc) is 3.12. The Hall–Kier alpha value is -4.52. The predicted octanol–water partition coefficient (Wildman–Crippen LogP) is 8.52. The second-order valence-electron chi connectivity index (χ2n) is 12.2. The summed E-state index contributed by atoms with van der Waals surface area (Å²) < 4.78 is 85.4. The molecule has 0 radical (unpaired) electrons. The maximum atomic E-state index is 15.1. The van der Waals surface area contributed by atoms with E-state index in [1.807, 2.05) is 0 Å². The summed E-state index contributed by atoms with van der Waals surface area (Å²) in [6.45, 7) is -0.960. The first-order chi connectivity index (χ1) is 25.7. The molecule has 3 fully saturated rings. The molecule has 0 aliphatic carbocycles. The quantitative estimate of drug-likeness (QED) is 0.133. The number of esters is 1. The summed E-state index contributed by atoms with van der Waals surface area (Å²) in [5.41, 5.74) is 0.938. The van der Waals surface area contributed by atoms with Crippen molar-refractivity contribution in [2.75, 3.05) is 31.6 Å². The summed E-state index contributed by atoms with van der Waals surface area (Å²) in [6, 6.07) is 15.4. The molecule has 3 saturated heterocycles. The van der Waals surface area contributed by atoms with Crippen molar-refractivity contribution in [2.24, 2.45) is 5.92 Å². The lowest BCUT2D eigenvalue weighted by Crippen LogP contribution is -2.53. The highest BCUT2D eigenvalue weighted by molar-refractivity contribution is 6.35. The van der Waals surface area contributed by atoms with Crippen LogP contribution in [0.15, 0.2) is 79.1 Å². The van der Waals surface area contributed by atoms with Crippen LogP contribution in [0, 0.1) is 11.7 Å². The molecule has 4 heterocycles. The van der Waals surface area contributed by atoms with Gasteiger partial charge in [0.05, 0.1) is 39.0 Å². The number of fused-ring (bicyclic) bond motifs is 3. The monoisotopic (exact) mass is 746 g/mol. The normalized spacial score (nSPS) is 19.7. The first kappa shape index (κ1) is 32.4. The van der Waals surface area contributed by atoms with Crippen LogP contribution in [-0.4, -0.2) is 61.3 Å². The number of aromatic nitrogens is 1. The van der Waals surface area contributed by atoms with Crippen molar-refractivity contribution in [3.63, 3.8) is 0 Å². The van der Waals surface area contributed by atoms with Gasteiger partial charge in [0, 0.05) is 25.4 Å². The number of benzene rings is 3. The van der Waals surface area contributed by atoms with E-state index in [-0.39, 0.29) is 51.8 Å². The zero-order valence-corrected chi connectivity index (χ0v) is 28.5. The van der Waals surface area contributed by atoms with Crippen molar-refractivity contribution < 1.29 is 45.8 Å². The van der Waals surface area contributed by atoms with Gasteiger partial charge in [-0.25, -0.2) is 14.0 Å². The average molecular weight is 748 g/mol. The van der Waals surface area contributed by atoms with Gasteiger partial charge in [-0.15, -0.1) is 0 Å². The van der Waals surface area contributed by atoms with Gasteiger partial charge in [0.1, 0.15) is 18.0 Å². The molecule has 0 unspecified atom stereocenters. The van der Waals surface area contributed by atoms with Crippen molar-refractivity contribution in [3.8, 4) is 11.5 Å². The molecule has 2 bridgehead atoms. The van der Waals surface area contributed by atoms with Crippen LogP contribution < -0.4 is 14.4 Å². The lowest BCUT2D eigenvalue weighted by Gasteiger charge is -2.44. The molecule has 9 nitrogen and oxygen atoms in total. The molecule has 0 saturated carbocycles. The maximum absolute atomic E-state index is 15.1. The van der Waals surface area contributed by atoms with Gasteiger partial charge in [0.25, 0.3) is 0 Å². The molecule has 3 aliphatic heterocycles. The van der Waals surface area contributed by atoms with Crippen LogP contribution in [0.5, 0.6) is 11.5 Å². The van der Waals surface area contributed by atoms with E-state index in [0.717, 1.165) is 38.1 Å². The molecule has 0 N–H and O–H groups in total. The Morgan fingerprint density at radius 2 is 1.78 bits per heavy atom. The van der Waals surface area contributed by atoms with E-state index >= 15 is 4.39 Å². The highest BCUT2D eigenvalue weighted by atomic mass is 35.5. The summed E-state index contributed by atoms with van der Waals surface area (Å²) in [6.07, 6.45) is 2.02. The highest BCUT2D eigenvalue weighted by Gasteiger charge is 2.38. The summed E-state index contributed by atoms with van der Waals surface area (Å²) in [5.74, 6) is -2.40. The van der Waals surface area contributed by atoms with Crippen LogP contribution in [-0.2, 0) is 22.4 Å². The van der Waals surface area contributed by atoms with Crippen molar-refractivity contribution in [3.05, 3.63) is 117 Å². The molecule has 3 aromatic carbocycles. The number of carbonyl (C=O) groups is 2. The second kappa shape index (κ2) is 16.2. The molecule has 14 heteroatoms. The lowest BCUT2D eigenvalue weighted by molar-refractivity contribution is -0.0512. The molecule has 51 heavy (non-hydrogen) atoms. The molecular weight excluding hydrogens is 710 g/mol. The predicted molar refractivity (Wildman–Crippen MR) is 184 cm³/mol. The van der Waals surface area contributed by atoms with E-state index in [0.29, 0.717) is 17.7 Å². The van der Waals surface area contributed by atoms with Gasteiger partial charge in [-0.1, -0.05) is 53.5 Å². The minimum Gasteiger partial charge on any atom is -0.493 e. The van der Waals surface area contributed by atoms with E-state index in [1.54, 1.807) is 18.2 Å². The molecular formula is C37H34Cl2F3N3O6. The smallest absolute Gasteiger partial charge is 0.415 e. The third kappa shape index (κ3) is 8.69. The van der Waals surface area contributed by atoms with Crippen LogP contribution in [0.25, 0.3) is 0 Å². The number of halogens is 5. The Balaban J connectivity index is 1.28. The number of alkyl halides is 2. The van der Waals surface area contributed by atoms with Crippen LogP contribution in [0.1, 0.15) is 50.1 Å². The van der Waals surface area contributed by atoms with Gasteiger partial charge in [0.15, 0.2) is 11.5 Å². The topological polar surface area (TPSA) is 90.4 Å². The van der Waals surface area contributed by atoms with Crippen LogP contribution in [0.4, 0.5) is 23.7 Å². The Bertz CT molecular complexity index is 1970. The minimum absolute atomic E-state index is 0.00252. The van der Waals surface area contributed by atoms with Crippen molar-refractivity contribution in [1.29, 1.82) is 0 Å². The zero-order chi connectivity index (χ0) is 38.6. The van der Waals surface area contributed by atoms with E-state index in [4.69, 9.17) is 41.5 Å². The number of methoxy groups -OCH3 is 1. The molecule has 7 rings (SSSR count). The fraction of sp³-hybridized carbons (Fsp3) is 0.324. The van der Waals surface area contributed by atoms with Gasteiger partial charge in [0.2, 0.25) is 0 Å². The van der Waals surface area contributed by atoms with E-state index in [1.165, 1.54) is 53.7 Å². The van der Waals surface area contributed by atoms with E-state index in [2.05, 4.69) is 14.6 Å². The van der Waals surface area contributed by atoms with Crippen molar-refractivity contribution in [2.45, 2.75) is 44.6 Å². The van der Waals surface area contributed by atoms with Gasteiger partial charge in [-0.05, 0) is 84.9 Å². The third-order valence-electron chi connectivity index (χ3n) is 8.97. The second-order valence-corrected chi connectivity index (χ2v) is 13.0. The number of hydrogen-bond acceptors (Lipinski definition) is 8. The Morgan fingerprint density at radius 3 is 2.47 bits per heavy atom. The molecule has 0 spiro atoms. The Kier molecular flexibility index (Phi) is 10.3. The van der Waals surface area contributed by atoms with Gasteiger partial charge < -0.3 is 18.9 Å². The SMILES string of the molecule is [2H]C([2H])([2H])Oc1cc([C@H](Cc2c(Cl)cncc2Cl)OC(=O)c2cccc(CN(C(=O)O[C@H]3CN4CCC3CC4)c3ccccc3F)c2)ccc1OC(F)F. The van der Waals surface area contributed by atoms with E-state index in [9.17, 15) is 18.4 Å². The van der Waals surface area contributed by atoms with Crippen molar-refractivity contribution in [1.82, 2.24) is 9.88 Å². The molecule has 2 atom stereocenters. The first-order valence-corrected chi connectivity index (χ1v) is 16.8. The number of piperidine rings is 3. The molecule has 268 valence electrons. The van der Waals surface area contributed by atoms with Crippen LogP contribution in [0.2, 0.25) is 10.0 Å². The van der Waals surface area contributed by atoms with Crippen LogP contribution in [0.3, 0.4) is 0 Å². The zero-order valence-electron chi connectivity index (χ0n) is 29.9. The largest absolute Gasteiger partial charge is 0.493 e. The van der Waals surface area contributed by atoms with Gasteiger partial charge >= 0.3 is 18.7 Å². The van der Waals surface area contributed by atoms with Gasteiger partial charge in [-0.3, -0.25) is 14.8 Å². The Labute approximate surface area is 307 Å². The maximum Gasteiger partial charge on any atom is 0.415 e. The fourth-order valence-corrected chi connectivity index (χ4v) is 6.90. The molecule has 3 aliphatic rings. The summed E-state index contributed by atoms with van der Waals surface area (Å²) in [4.78, 5) is 34.9. The van der Waals surface area contributed by atoms with Crippen molar-refractivity contribution >= 4 is 41.0 Å². The number of nitrogens with zero attached hydrogens (tertiary/aromatic N) is 3. The number of pyridine rings is 1. The molecule has 4 aromatic rings. The molecule has 1 aromatic heterocycles. The summed E-state index contributed by atoms with van der Waals surface area (Å²) in [5, 5.41) is 0.279.